The van der Waals surface area contributed by atoms with Crippen LogP contribution in [0, 0.1) is 5.92 Å². The summed E-state index contributed by atoms with van der Waals surface area (Å²) in [6.45, 7) is 6.18. The molecule has 1 fully saturated rings. The minimum Gasteiger partial charge on any atom is -0.380 e. The highest BCUT2D eigenvalue weighted by atomic mass is 32.2. The largest absolute Gasteiger partial charge is 0.380 e. The lowest BCUT2D eigenvalue weighted by atomic mass is 10.3. The molecule has 0 saturated heterocycles. The molecule has 3 N–H and O–H groups in total. The highest BCUT2D eigenvalue weighted by Crippen LogP contribution is 2.28. The molecule has 1 heterocycles. The van der Waals surface area contributed by atoms with Gasteiger partial charge in [-0.1, -0.05) is 13.8 Å². The number of aromatic amines is 1. The Labute approximate surface area is 126 Å². The van der Waals surface area contributed by atoms with Crippen LogP contribution in [0.5, 0.6) is 0 Å². The standard InChI is InChI=1S/C14H25N3O3S/c1-11(2)15-8-13-7-14(9-16-13)21(18,19)17-5-6-20-10-12-3-4-12/h7,9,11-12,15-17H,3-6,8,10H2,1-2H3. The summed E-state index contributed by atoms with van der Waals surface area (Å²) in [6.07, 6.45) is 4.00. The summed E-state index contributed by atoms with van der Waals surface area (Å²) in [4.78, 5) is 3.25. The predicted molar refractivity (Wildman–Crippen MR) is 81.5 cm³/mol. The molecule has 6 nitrogen and oxygen atoms in total. The number of hydrogen-bond donors (Lipinski definition) is 3. The number of rotatable bonds is 10. The van der Waals surface area contributed by atoms with Gasteiger partial charge < -0.3 is 15.0 Å². The quantitative estimate of drug-likeness (QED) is 0.567. The number of nitrogens with one attached hydrogen (secondary N) is 3. The zero-order valence-electron chi connectivity index (χ0n) is 12.7. The van der Waals surface area contributed by atoms with E-state index in [1.807, 2.05) is 13.8 Å². The normalized spacial score (nSPS) is 15.8. The van der Waals surface area contributed by atoms with E-state index in [1.165, 1.54) is 19.0 Å². The van der Waals surface area contributed by atoms with Gasteiger partial charge in [-0.15, -0.1) is 0 Å². The zero-order chi connectivity index (χ0) is 15.3. The van der Waals surface area contributed by atoms with Gasteiger partial charge in [-0.05, 0) is 24.8 Å². The molecule has 21 heavy (non-hydrogen) atoms. The fraction of sp³-hybridized carbons (Fsp3) is 0.714. The van der Waals surface area contributed by atoms with E-state index in [0.717, 1.165) is 12.3 Å². The van der Waals surface area contributed by atoms with Crippen LogP contribution in [-0.2, 0) is 21.3 Å². The van der Waals surface area contributed by atoms with Crippen molar-refractivity contribution < 1.29 is 13.2 Å². The van der Waals surface area contributed by atoms with Gasteiger partial charge in [-0.2, -0.15) is 0 Å². The minimum absolute atomic E-state index is 0.269. The van der Waals surface area contributed by atoms with Crippen molar-refractivity contribution in [2.75, 3.05) is 19.8 Å². The molecule has 1 aliphatic carbocycles. The van der Waals surface area contributed by atoms with Crippen molar-refractivity contribution in [3.05, 3.63) is 18.0 Å². The third-order valence-corrected chi connectivity index (χ3v) is 4.76. The molecule has 0 amide bonds. The van der Waals surface area contributed by atoms with Crippen LogP contribution >= 0.6 is 0 Å². The lowest BCUT2D eigenvalue weighted by Gasteiger charge is -2.06. The van der Waals surface area contributed by atoms with E-state index in [1.54, 1.807) is 6.07 Å². The fourth-order valence-corrected chi connectivity index (χ4v) is 2.89. The monoisotopic (exact) mass is 315 g/mol. The van der Waals surface area contributed by atoms with Crippen LogP contribution in [-0.4, -0.2) is 39.2 Å². The van der Waals surface area contributed by atoms with Crippen molar-refractivity contribution in [1.29, 1.82) is 0 Å². The lowest BCUT2D eigenvalue weighted by molar-refractivity contribution is 0.129. The Bertz CT molecular complexity index is 535. The van der Waals surface area contributed by atoms with Gasteiger partial charge in [-0.3, -0.25) is 0 Å². The minimum atomic E-state index is -3.45. The maximum Gasteiger partial charge on any atom is 0.242 e. The zero-order valence-corrected chi connectivity index (χ0v) is 13.5. The highest BCUT2D eigenvalue weighted by molar-refractivity contribution is 7.89. The van der Waals surface area contributed by atoms with Crippen molar-refractivity contribution in [1.82, 2.24) is 15.0 Å². The highest BCUT2D eigenvalue weighted by Gasteiger charge is 2.21. The van der Waals surface area contributed by atoms with Crippen molar-refractivity contribution in [3.63, 3.8) is 0 Å². The summed E-state index contributed by atoms with van der Waals surface area (Å²) in [5.74, 6) is 0.697. The van der Waals surface area contributed by atoms with Crippen molar-refractivity contribution in [2.45, 2.75) is 44.2 Å². The molecule has 0 spiro atoms. The van der Waals surface area contributed by atoms with Crippen LogP contribution in [0.15, 0.2) is 17.2 Å². The first kappa shape index (κ1) is 16.5. The molecule has 1 aromatic heterocycles. The first-order valence-electron chi connectivity index (χ1n) is 7.45. The second-order valence-corrected chi connectivity index (χ2v) is 7.58. The fourth-order valence-electron chi connectivity index (χ4n) is 1.86. The Hall–Kier alpha value is -0.890. The van der Waals surface area contributed by atoms with E-state index in [2.05, 4.69) is 15.0 Å². The molecule has 0 radical (unpaired) electrons. The average Bonchev–Trinajstić information content (AvgIpc) is 3.11. The summed E-state index contributed by atoms with van der Waals surface area (Å²) in [6, 6.07) is 2.01. The van der Waals surface area contributed by atoms with Gasteiger partial charge in [-0.25, -0.2) is 13.1 Å². The molecular weight excluding hydrogens is 290 g/mol. The van der Waals surface area contributed by atoms with E-state index >= 15 is 0 Å². The number of sulfonamides is 1. The maximum absolute atomic E-state index is 12.1. The number of H-pyrrole nitrogens is 1. The average molecular weight is 315 g/mol. The van der Waals surface area contributed by atoms with Crippen molar-refractivity contribution in [3.8, 4) is 0 Å². The molecule has 0 aromatic carbocycles. The van der Waals surface area contributed by atoms with Gasteiger partial charge in [0, 0.05) is 37.6 Å². The number of ether oxygens (including phenoxy) is 1. The Kier molecular flexibility index (Phi) is 5.80. The first-order chi connectivity index (χ1) is 9.97. The van der Waals surface area contributed by atoms with Crippen LogP contribution in [0.3, 0.4) is 0 Å². The molecule has 7 heteroatoms. The molecule has 1 aromatic rings. The van der Waals surface area contributed by atoms with Gasteiger partial charge in [0.15, 0.2) is 0 Å². The molecule has 2 rings (SSSR count). The van der Waals surface area contributed by atoms with E-state index in [4.69, 9.17) is 4.74 Å². The Morgan fingerprint density at radius 3 is 2.86 bits per heavy atom. The van der Waals surface area contributed by atoms with Crippen LogP contribution in [0.2, 0.25) is 0 Å². The van der Waals surface area contributed by atoms with E-state index in [0.29, 0.717) is 31.7 Å². The second kappa shape index (κ2) is 7.40. The van der Waals surface area contributed by atoms with E-state index in [-0.39, 0.29) is 4.90 Å². The van der Waals surface area contributed by atoms with Gasteiger partial charge in [0.1, 0.15) is 0 Å². The van der Waals surface area contributed by atoms with Crippen LogP contribution in [0.1, 0.15) is 32.4 Å². The molecule has 0 atom stereocenters. The lowest BCUT2D eigenvalue weighted by Crippen LogP contribution is -2.27. The van der Waals surface area contributed by atoms with Gasteiger partial charge in [0.2, 0.25) is 10.0 Å². The first-order valence-corrected chi connectivity index (χ1v) is 8.94. The molecule has 0 unspecified atom stereocenters. The molecule has 0 aliphatic heterocycles. The third-order valence-electron chi connectivity index (χ3n) is 3.32. The smallest absolute Gasteiger partial charge is 0.242 e. The van der Waals surface area contributed by atoms with E-state index in [9.17, 15) is 8.42 Å². The Morgan fingerprint density at radius 1 is 1.43 bits per heavy atom. The second-order valence-electron chi connectivity index (χ2n) is 5.81. The predicted octanol–water partition coefficient (Wildman–Crippen LogP) is 1.22. The maximum atomic E-state index is 12.1. The van der Waals surface area contributed by atoms with Crippen molar-refractivity contribution in [2.24, 2.45) is 5.92 Å². The topological polar surface area (TPSA) is 83.2 Å². The van der Waals surface area contributed by atoms with Crippen LogP contribution in [0.25, 0.3) is 0 Å². The summed E-state index contributed by atoms with van der Waals surface area (Å²) in [7, 11) is -3.45. The van der Waals surface area contributed by atoms with Crippen molar-refractivity contribution >= 4 is 10.0 Å². The number of hydrogen-bond acceptors (Lipinski definition) is 4. The summed E-state index contributed by atoms with van der Waals surface area (Å²) < 4.78 is 32.1. The Morgan fingerprint density at radius 2 is 2.19 bits per heavy atom. The summed E-state index contributed by atoms with van der Waals surface area (Å²) >= 11 is 0. The Balaban J connectivity index is 1.75. The summed E-state index contributed by atoms with van der Waals surface area (Å²) in [5.41, 5.74) is 0.856. The molecular formula is C14H25N3O3S. The van der Waals surface area contributed by atoms with Crippen LogP contribution < -0.4 is 10.0 Å². The third kappa shape index (κ3) is 5.78. The van der Waals surface area contributed by atoms with Gasteiger partial charge in [0.05, 0.1) is 11.5 Å². The summed E-state index contributed by atoms with van der Waals surface area (Å²) in [5, 5.41) is 3.24. The molecule has 1 saturated carbocycles. The van der Waals surface area contributed by atoms with Gasteiger partial charge in [0.25, 0.3) is 0 Å². The van der Waals surface area contributed by atoms with E-state index < -0.39 is 10.0 Å². The van der Waals surface area contributed by atoms with Crippen LogP contribution in [0.4, 0.5) is 0 Å². The molecule has 120 valence electrons. The molecule has 1 aliphatic rings. The molecule has 0 bridgehead atoms. The van der Waals surface area contributed by atoms with Gasteiger partial charge >= 0.3 is 0 Å². The SMILES string of the molecule is CC(C)NCc1cc(S(=O)(=O)NCCOCC2CC2)c[nH]1. The number of aromatic nitrogens is 1.